The molecule has 0 saturated carbocycles. The predicted octanol–water partition coefficient (Wildman–Crippen LogP) is 4.33. The Morgan fingerprint density at radius 1 is 1.12 bits per heavy atom. The maximum atomic E-state index is 10.6. The number of hydrogen-bond acceptors (Lipinski definition) is 1. The van der Waals surface area contributed by atoms with E-state index in [0.29, 0.717) is 0 Å². The number of rotatable bonds is 3. The standard InChI is InChI=1S/C6H16Si.C2HF3O2.CH2Cl2/c1-4-7(5-2)6-3;3-2(4,5)1(6)7;2-1-3/h7H,4-6H2,1-3H3;(H,6,7);1H2. The van der Waals surface area contributed by atoms with Gasteiger partial charge in [0.15, 0.2) is 0 Å². The third kappa shape index (κ3) is 21.8. The SMILES string of the molecule is CC[SiH](CC)CC.ClCCl.O=C(O)C(F)(F)F. The molecule has 17 heavy (non-hydrogen) atoms. The number of halogens is 5. The molecule has 0 rings (SSSR count). The van der Waals surface area contributed by atoms with E-state index in [1.54, 1.807) is 0 Å². The summed E-state index contributed by atoms with van der Waals surface area (Å²) in [5.74, 6) is -2.76. The third-order valence-corrected chi connectivity index (χ3v) is 5.44. The van der Waals surface area contributed by atoms with E-state index in [4.69, 9.17) is 33.1 Å². The van der Waals surface area contributed by atoms with Gasteiger partial charge in [0.2, 0.25) is 0 Å². The normalized spacial score (nSPS) is 9.94. The van der Waals surface area contributed by atoms with E-state index in [0.717, 1.165) is 0 Å². The summed E-state index contributed by atoms with van der Waals surface area (Å²) >= 11 is 9.53. The fraction of sp³-hybridized carbons (Fsp3) is 0.889. The summed E-state index contributed by atoms with van der Waals surface area (Å²) in [6, 6.07) is 4.48. The molecule has 0 spiro atoms. The average Bonchev–Trinajstić information content (AvgIpc) is 2.21. The highest BCUT2D eigenvalue weighted by Crippen LogP contribution is 2.13. The van der Waals surface area contributed by atoms with Crippen molar-refractivity contribution in [3.05, 3.63) is 0 Å². The Labute approximate surface area is 112 Å². The summed E-state index contributed by atoms with van der Waals surface area (Å²) in [7, 11) is -0.171. The van der Waals surface area contributed by atoms with E-state index < -0.39 is 12.1 Å². The zero-order chi connectivity index (χ0) is 14.5. The van der Waals surface area contributed by atoms with Crippen molar-refractivity contribution in [2.24, 2.45) is 0 Å². The van der Waals surface area contributed by atoms with Crippen LogP contribution in [0.15, 0.2) is 0 Å². The van der Waals surface area contributed by atoms with Gasteiger partial charge in [0.25, 0.3) is 0 Å². The van der Waals surface area contributed by atoms with Crippen molar-refractivity contribution in [2.45, 2.75) is 45.1 Å². The van der Waals surface area contributed by atoms with Gasteiger partial charge in [-0.1, -0.05) is 38.9 Å². The second kappa shape index (κ2) is 14.1. The van der Waals surface area contributed by atoms with E-state index in [-0.39, 0.29) is 14.1 Å². The molecular weight excluding hydrogens is 296 g/mol. The molecule has 0 unspecified atom stereocenters. The Bertz CT molecular complexity index is 171. The van der Waals surface area contributed by atoms with Crippen LogP contribution in [0.4, 0.5) is 13.2 Å². The molecule has 8 heteroatoms. The zero-order valence-electron chi connectivity index (χ0n) is 10.2. The summed E-state index contributed by atoms with van der Waals surface area (Å²) in [6.07, 6.45) is -5.08. The van der Waals surface area contributed by atoms with Crippen LogP contribution in [0.25, 0.3) is 0 Å². The Balaban J connectivity index is -0.000000188. The molecule has 0 bridgehead atoms. The quantitative estimate of drug-likeness (QED) is 0.622. The lowest BCUT2D eigenvalue weighted by Crippen LogP contribution is -2.21. The minimum atomic E-state index is -5.08. The van der Waals surface area contributed by atoms with Gasteiger partial charge in [-0.05, 0) is 0 Å². The molecule has 0 aromatic carbocycles. The van der Waals surface area contributed by atoms with Crippen LogP contribution in [0.3, 0.4) is 0 Å². The molecule has 0 aliphatic heterocycles. The second-order valence-electron chi connectivity index (χ2n) is 2.99. The molecule has 106 valence electrons. The number of carbonyl (C=O) groups is 1. The first kappa shape index (κ1) is 22.3. The van der Waals surface area contributed by atoms with E-state index in [1.165, 1.54) is 18.1 Å². The van der Waals surface area contributed by atoms with Crippen molar-refractivity contribution in [1.29, 1.82) is 0 Å². The van der Waals surface area contributed by atoms with Gasteiger partial charge in [0, 0.05) is 8.80 Å². The average molecular weight is 315 g/mol. The molecule has 0 aliphatic carbocycles. The molecule has 0 fully saturated rings. The first-order valence-corrected chi connectivity index (χ1v) is 8.64. The van der Waals surface area contributed by atoms with Crippen LogP contribution >= 0.6 is 23.2 Å². The predicted molar refractivity (Wildman–Crippen MR) is 68.9 cm³/mol. The van der Waals surface area contributed by atoms with Gasteiger partial charge in [0.05, 0.1) is 5.34 Å². The van der Waals surface area contributed by atoms with Crippen molar-refractivity contribution in [3.63, 3.8) is 0 Å². The molecule has 1 N–H and O–H groups in total. The van der Waals surface area contributed by atoms with Gasteiger partial charge >= 0.3 is 12.1 Å². The third-order valence-electron chi connectivity index (χ3n) is 1.97. The van der Waals surface area contributed by atoms with Crippen LogP contribution in [0, 0.1) is 0 Å². The van der Waals surface area contributed by atoms with Crippen molar-refractivity contribution >= 4 is 38.0 Å². The number of carboxylic acids is 1. The van der Waals surface area contributed by atoms with Gasteiger partial charge in [0.1, 0.15) is 0 Å². The molecule has 0 atom stereocenters. The summed E-state index contributed by atoms with van der Waals surface area (Å²) < 4.78 is 31.7. The van der Waals surface area contributed by atoms with Gasteiger partial charge in [-0.2, -0.15) is 13.2 Å². The summed E-state index contributed by atoms with van der Waals surface area (Å²) in [5, 5.41) is 7.32. The second-order valence-corrected chi connectivity index (χ2v) is 7.98. The highest BCUT2D eigenvalue weighted by atomic mass is 35.5. The fourth-order valence-corrected chi connectivity index (χ4v) is 2.60. The highest BCUT2D eigenvalue weighted by molar-refractivity contribution is 6.58. The molecular formula is C9H19Cl2F3O2Si. The smallest absolute Gasteiger partial charge is 0.475 e. The van der Waals surface area contributed by atoms with Crippen LogP contribution in [-0.2, 0) is 4.79 Å². The first-order chi connectivity index (χ1) is 7.70. The van der Waals surface area contributed by atoms with E-state index in [2.05, 4.69) is 20.8 Å². The van der Waals surface area contributed by atoms with E-state index in [9.17, 15) is 13.2 Å². The molecule has 0 aromatic heterocycles. The fourth-order valence-electron chi connectivity index (χ4n) is 0.866. The molecule has 0 saturated heterocycles. The van der Waals surface area contributed by atoms with Gasteiger partial charge in [-0.15, -0.1) is 23.2 Å². The molecule has 0 amide bonds. The molecule has 2 nitrogen and oxygen atoms in total. The minimum absolute atomic E-state index is 0.171. The Morgan fingerprint density at radius 3 is 1.29 bits per heavy atom. The monoisotopic (exact) mass is 314 g/mol. The van der Waals surface area contributed by atoms with Crippen molar-refractivity contribution in [2.75, 3.05) is 5.34 Å². The molecule has 0 radical (unpaired) electrons. The van der Waals surface area contributed by atoms with Gasteiger partial charge in [-0.25, -0.2) is 4.79 Å². The van der Waals surface area contributed by atoms with Crippen molar-refractivity contribution in [3.8, 4) is 0 Å². The van der Waals surface area contributed by atoms with E-state index in [1.807, 2.05) is 0 Å². The van der Waals surface area contributed by atoms with Crippen LogP contribution in [0.5, 0.6) is 0 Å². The molecule has 0 aliphatic rings. The molecule has 0 aromatic rings. The van der Waals surface area contributed by atoms with E-state index >= 15 is 0 Å². The van der Waals surface area contributed by atoms with Crippen LogP contribution < -0.4 is 0 Å². The van der Waals surface area contributed by atoms with Crippen LogP contribution in [0.1, 0.15) is 20.8 Å². The number of alkyl halides is 5. The summed E-state index contributed by atoms with van der Waals surface area (Å²) in [6.45, 7) is 6.97. The first-order valence-electron chi connectivity index (χ1n) is 5.13. The Hall–Kier alpha value is 0.0569. The summed E-state index contributed by atoms with van der Waals surface area (Å²) in [5.41, 5.74) is 0. The number of aliphatic carboxylic acids is 1. The maximum Gasteiger partial charge on any atom is 0.490 e. The number of carboxylic acid groups (broad SMARTS) is 1. The van der Waals surface area contributed by atoms with Crippen LogP contribution in [0.2, 0.25) is 18.1 Å². The topological polar surface area (TPSA) is 37.3 Å². The zero-order valence-corrected chi connectivity index (χ0v) is 12.8. The minimum Gasteiger partial charge on any atom is -0.475 e. The maximum absolute atomic E-state index is 10.6. The molecule has 0 heterocycles. The van der Waals surface area contributed by atoms with Gasteiger partial charge < -0.3 is 5.11 Å². The lowest BCUT2D eigenvalue weighted by molar-refractivity contribution is -0.192. The van der Waals surface area contributed by atoms with Crippen molar-refractivity contribution < 1.29 is 23.1 Å². The lowest BCUT2D eigenvalue weighted by atomic mass is 10.7. The lowest BCUT2D eigenvalue weighted by Gasteiger charge is -2.03. The van der Waals surface area contributed by atoms with Crippen LogP contribution in [-0.4, -0.2) is 31.4 Å². The van der Waals surface area contributed by atoms with Gasteiger partial charge in [-0.3, -0.25) is 0 Å². The van der Waals surface area contributed by atoms with Crippen molar-refractivity contribution in [1.82, 2.24) is 0 Å². The highest BCUT2D eigenvalue weighted by Gasteiger charge is 2.38. The summed E-state index contributed by atoms with van der Waals surface area (Å²) in [4.78, 5) is 8.90. The Kier molecular flexibility index (Phi) is 18.5. The number of hydrogen-bond donors (Lipinski definition) is 1. The Morgan fingerprint density at radius 2 is 1.29 bits per heavy atom. The largest absolute Gasteiger partial charge is 0.490 e.